The maximum Gasteiger partial charge on any atom is 0.270 e. The van der Waals surface area contributed by atoms with Crippen molar-refractivity contribution >= 4 is 55.5 Å². The molecule has 0 spiro atoms. The van der Waals surface area contributed by atoms with Crippen LogP contribution in [-0.4, -0.2) is 55.2 Å². The van der Waals surface area contributed by atoms with E-state index in [2.05, 4.69) is 4.90 Å². The number of thiophene rings is 1. The Morgan fingerprint density at radius 1 is 1.19 bits per heavy atom. The molecule has 1 aliphatic heterocycles. The lowest BCUT2D eigenvalue weighted by Gasteiger charge is -2.27. The first-order chi connectivity index (χ1) is 13.2. The number of para-hydroxylation sites is 1. The van der Waals surface area contributed by atoms with Gasteiger partial charge in [-0.2, -0.15) is 0 Å². The maximum absolute atomic E-state index is 13.1. The summed E-state index contributed by atoms with van der Waals surface area (Å²) in [5.74, 6) is -0.0343. The molecule has 0 unspecified atom stereocenters. The van der Waals surface area contributed by atoms with Crippen molar-refractivity contribution in [2.75, 3.05) is 44.3 Å². The van der Waals surface area contributed by atoms with Crippen molar-refractivity contribution in [3.05, 3.63) is 45.6 Å². The monoisotopic (exact) mass is 421 g/mol. The van der Waals surface area contributed by atoms with E-state index in [1.165, 1.54) is 11.3 Å². The fraction of sp³-hybridized carbons (Fsp3) is 0.368. The van der Waals surface area contributed by atoms with E-state index >= 15 is 0 Å². The molecule has 0 aliphatic carbocycles. The molecule has 5 nitrogen and oxygen atoms in total. The average Bonchev–Trinajstić information content (AvgIpc) is 3.31. The first kappa shape index (κ1) is 18.8. The molecule has 142 valence electrons. The SMILES string of the molecule is O=C(c1ccc(Cl)s1)N(CCCN1CCOCC1)c1nc2ccccc2s1. The molecule has 1 amide bonds. The number of ether oxygens (including phenoxy) is 1. The highest BCUT2D eigenvalue weighted by Crippen LogP contribution is 2.31. The number of morpholine rings is 1. The van der Waals surface area contributed by atoms with Crippen molar-refractivity contribution < 1.29 is 9.53 Å². The number of halogens is 1. The van der Waals surface area contributed by atoms with Gasteiger partial charge in [0.1, 0.15) is 0 Å². The van der Waals surface area contributed by atoms with Gasteiger partial charge in [-0.05, 0) is 30.7 Å². The van der Waals surface area contributed by atoms with Gasteiger partial charge in [0.25, 0.3) is 5.91 Å². The number of hydrogen-bond donors (Lipinski definition) is 0. The second kappa shape index (κ2) is 8.67. The molecule has 1 saturated heterocycles. The standard InChI is InChI=1S/C19H20ClN3O2S2/c20-17-7-6-16(26-17)18(24)23(9-3-8-22-10-12-25-13-11-22)19-21-14-4-1-2-5-15(14)27-19/h1-2,4-7H,3,8-13H2. The first-order valence-electron chi connectivity index (χ1n) is 8.93. The van der Waals surface area contributed by atoms with Gasteiger partial charge in [0, 0.05) is 26.2 Å². The average molecular weight is 422 g/mol. The molecular formula is C19H20ClN3O2S2. The zero-order valence-corrected chi connectivity index (χ0v) is 17.2. The largest absolute Gasteiger partial charge is 0.379 e. The molecule has 3 aromatic rings. The molecule has 0 radical (unpaired) electrons. The van der Waals surface area contributed by atoms with Crippen LogP contribution in [0.5, 0.6) is 0 Å². The zero-order chi connectivity index (χ0) is 18.6. The smallest absolute Gasteiger partial charge is 0.270 e. The van der Waals surface area contributed by atoms with Crippen LogP contribution < -0.4 is 4.90 Å². The number of fused-ring (bicyclic) bond motifs is 1. The Labute approximate surface area is 171 Å². The molecule has 3 heterocycles. The summed E-state index contributed by atoms with van der Waals surface area (Å²) in [5, 5.41) is 0.743. The Kier molecular flexibility index (Phi) is 6.04. The van der Waals surface area contributed by atoms with E-state index in [4.69, 9.17) is 21.3 Å². The normalized spacial score (nSPS) is 15.3. The van der Waals surface area contributed by atoms with E-state index in [-0.39, 0.29) is 5.91 Å². The molecule has 27 heavy (non-hydrogen) atoms. The third-order valence-corrected chi connectivity index (χ3v) is 6.78. The Balaban J connectivity index is 1.53. The number of nitrogens with zero attached hydrogens (tertiary/aromatic N) is 3. The van der Waals surface area contributed by atoms with Gasteiger partial charge in [0.05, 0.1) is 32.6 Å². The number of carbonyl (C=O) groups excluding carboxylic acids is 1. The number of amides is 1. The van der Waals surface area contributed by atoms with Gasteiger partial charge in [0.2, 0.25) is 0 Å². The minimum absolute atomic E-state index is 0.0343. The molecule has 1 fully saturated rings. The summed E-state index contributed by atoms with van der Waals surface area (Å²) in [6.45, 7) is 5.06. The second-order valence-corrected chi connectivity index (χ2v) is 9.06. The van der Waals surface area contributed by atoms with Gasteiger partial charge < -0.3 is 4.74 Å². The van der Waals surface area contributed by atoms with Crippen molar-refractivity contribution in [1.29, 1.82) is 0 Å². The number of hydrogen-bond acceptors (Lipinski definition) is 6. The van der Waals surface area contributed by atoms with Crippen LogP contribution in [0.1, 0.15) is 16.1 Å². The van der Waals surface area contributed by atoms with E-state index in [1.54, 1.807) is 28.4 Å². The highest BCUT2D eigenvalue weighted by atomic mass is 35.5. The van der Waals surface area contributed by atoms with E-state index in [0.29, 0.717) is 15.8 Å². The Bertz CT molecular complexity index is 887. The Morgan fingerprint density at radius 2 is 2.00 bits per heavy atom. The van der Waals surface area contributed by atoms with Crippen LogP contribution >= 0.6 is 34.3 Å². The Hall–Kier alpha value is -1.51. The van der Waals surface area contributed by atoms with Crippen LogP contribution in [0.2, 0.25) is 4.34 Å². The van der Waals surface area contributed by atoms with Gasteiger partial charge in [-0.1, -0.05) is 35.1 Å². The van der Waals surface area contributed by atoms with Crippen LogP contribution in [0, 0.1) is 0 Å². The number of aromatic nitrogens is 1. The number of rotatable bonds is 6. The lowest BCUT2D eigenvalue weighted by Crippen LogP contribution is -2.39. The summed E-state index contributed by atoms with van der Waals surface area (Å²) in [6.07, 6.45) is 0.890. The van der Waals surface area contributed by atoms with Gasteiger partial charge in [-0.15, -0.1) is 11.3 Å². The third kappa shape index (κ3) is 4.50. The van der Waals surface area contributed by atoms with Gasteiger partial charge in [-0.25, -0.2) is 4.98 Å². The van der Waals surface area contributed by atoms with E-state index in [1.807, 2.05) is 24.3 Å². The van der Waals surface area contributed by atoms with E-state index < -0.39 is 0 Å². The summed E-state index contributed by atoms with van der Waals surface area (Å²) < 4.78 is 7.11. The number of thiazole rings is 1. The summed E-state index contributed by atoms with van der Waals surface area (Å²) >= 11 is 8.91. The summed E-state index contributed by atoms with van der Waals surface area (Å²) in [7, 11) is 0. The molecular weight excluding hydrogens is 402 g/mol. The fourth-order valence-corrected chi connectivity index (χ4v) is 5.08. The lowest BCUT2D eigenvalue weighted by atomic mass is 10.3. The molecule has 8 heteroatoms. The molecule has 2 aromatic heterocycles. The van der Waals surface area contributed by atoms with Crippen molar-refractivity contribution in [3.63, 3.8) is 0 Å². The van der Waals surface area contributed by atoms with Gasteiger partial charge in [0.15, 0.2) is 5.13 Å². The predicted octanol–water partition coefficient (Wildman–Crippen LogP) is 4.38. The molecule has 0 atom stereocenters. The first-order valence-corrected chi connectivity index (χ1v) is 10.9. The van der Waals surface area contributed by atoms with Gasteiger partial charge in [-0.3, -0.25) is 14.6 Å². The summed E-state index contributed by atoms with van der Waals surface area (Å²) in [4.78, 5) is 22.6. The van der Waals surface area contributed by atoms with Crippen LogP contribution in [0.3, 0.4) is 0 Å². The van der Waals surface area contributed by atoms with Crippen LogP contribution in [0.15, 0.2) is 36.4 Å². The van der Waals surface area contributed by atoms with Crippen LogP contribution in [-0.2, 0) is 4.74 Å². The minimum atomic E-state index is -0.0343. The van der Waals surface area contributed by atoms with Crippen molar-refractivity contribution in [1.82, 2.24) is 9.88 Å². The van der Waals surface area contributed by atoms with Crippen molar-refractivity contribution in [2.24, 2.45) is 0 Å². The van der Waals surface area contributed by atoms with E-state index in [9.17, 15) is 4.79 Å². The van der Waals surface area contributed by atoms with Crippen molar-refractivity contribution in [3.8, 4) is 0 Å². The summed E-state index contributed by atoms with van der Waals surface area (Å²) in [5.41, 5.74) is 0.924. The lowest BCUT2D eigenvalue weighted by molar-refractivity contribution is 0.0376. The summed E-state index contributed by atoms with van der Waals surface area (Å²) in [6, 6.07) is 11.5. The fourth-order valence-electron chi connectivity index (χ4n) is 3.10. The number of benzene rings is 1. The molecule has 1 aliphatic rings. The van der Waals surface area contributed by atoms with E-state index in [0.717, 1.165) is 54.6 Å². The second-order valence-electron chi connectivity index (χ2n) is 6.33. The molecule has 1 aromatic carbocycles. The molecule has 0 saturated carbocycles. The Morgan fingerprint density at radius 3 is 2.74 bits per heavy atom. The van der Waals surface area contributed by atoms with Crippen molar-refractivity contribution in [2.45, 2.75) is 6.42 Å². The molecule has 0 bridgehead atoms. The zero-order valence-electron chi connectivity index (χ0n) is 14.8. The van der Waals surface area contributed by atoms with Crippen LogP contribution in [0.25, 0.3) is 10.2 Å². The minimum Gasteiger partial charge on any atom is -0.379 e. The molecule has 4 rings (SSSR count). The van der Waals surface area contributed by atoms with Gasteiger partial charge >= 0.3 is 0 Å². The van der Waals surface area contributed by atoms with Crippen LogP contribution in [0.4, 0.5) is 5.13 Å². The topological polar surface area (TPSA) is 45.7 Å². The number of carbonyl (C=O) groups is 1. The number of anilines is 1. The quantitative estimate of drug-likeness (QED) is 0.592. The highest BCUT2D eigenvalue weighted by molar-refractivity contribution is 7.22. The maximum atomic E-state index is 13.1. The highest BCUT2D eigenvalue weighted by Gasteiger charge is 2.23. The molecule has 0 N–H and O–H groups in total. The predicted molar refractivity (Wildman–Crippen MR) is 113 cm³/mol. The third-order valence-electron chi connectivity index (χ3n) is 4.50.